The number of primary amides is 1. The molecule has 0 saturated heterocycles. The molecule has 0 aromatic heterocycles. The quantitative estimate of drug-likeness (QED) is 0.0539. The number of anilines is 1. The molecule has 234 valence electrons. The number of alkyl halides is 1. The van der Waals surface area contributed by atoms with Gasteiger partial charge in [-0.05, 0) is 49.3 Å². The minimum absolute atomic E-state index is 0.0939. The normalized spacial score (nSPS) is 12.0. The van der Waals surface area contributed by atoms with Crippen LogP contribution in [-0.4, -0.2) is 64.1 Å². The fraction of sp³-hybridized carbons (Fsp3) is 0.556. The van der Waals surface area contributed by atoms with Gasteiger partial charge in [-0.3, -0.25) is 19.2 Å². The van der Waals surface area contributed by atoms with E-state index in [4.69, 9.17) is 10.5 Å². The lowest BCUT2D eigenvalue weighted by Gasteiger charge is -2.25. The molecule has 7 N–H and O–H groups in total. The number of ether oxygens (including phenoxy) is 1. The maximum Gasteiger partial charge on any atom is 0.367 e. The van der Waals surface area contributed by atoms with E-state index in [1.165, 1.54) is 22.6 Å². The molecule has 0 aliphatic rings. The van der Waals surface area contributed by atoms with E-state index in [0.29, 0.717) is 25.1 Å². The minimum Gasteiger partial charge on any atom is -0.453 e. The number of carbonyl (C=O) groups is 6. The van der Waals surface area contributed by atoms with Crippen LogP contribution in [0.5, 0.6) is 0 Å². The Hall–Kier alpha value is -2.95. The highest BCUT2D eigenvalue weighted by Gasteiger charge is 2.28. The van der Waals surface area contributed by atoms with E-state index in [1.807, 2.05) is 0 Å². The first kappa shape index (κ1) is 37.1. The maximum absolute atomic E-state index is 13.2. The van der Waals surface area contributed by atoms with Gasteiger partial charge in [-0.15, -0.1) is 0 Å². The molecule has 0 bridgehead atoms. The Bertz CT molecular complexity index is 1060. The molecule has 0 aliphatic carbocycles. The number of halogens is 2. The Balaban J connectivity index is 2.77. The molecule has 0 aliphatic heterocycles. The monoisotopic (exact) mass is 766 g/mol. The molecule has 13 nitrogen and oxygen atoms in total. The van der Waals surface area contributed by atoms with Crippen molar-refractivity contribution in [3.8, 4) is 0 Å². The summed E-state index contributed by atoms with van der Waals surface area (Å²) in [5.74, 6) is -1.61. The molecule has 0 fully saturated rings. The molecular formula is C27H40BrIN6O7. The Morgan fingerprint density at radius 2 is 1.55 bits per heavy atom. The molecule has 6 amide bonds. The fourth-order valence-corrected chi connectivity index (χ4v) is 4.10. The highest BCUT2D eigenvalue weighted by atomic mass is 127. The van der Waals surface area contributed by atoms with Gasteiger partial charge in [0.1, 0.15) is 18.7 Å². The Labute approximate surface area is 267 Å². The zero-order chi connectivity index (χ0) is 31.5. The third kappa shape index (κ3) is 16.5. The first-order chi connectivity index (χ1) is 19.9. The van der Waals surface area contributed by atoms with Crippen LogP contribution >= 0.6 is 38.5 Å². The number of hydrogen-bond acceptors (Lipinski definition) is 7. The summed E-state index contributed by atoms with van der Waals surface area (Å²) < 4.78 is 4.52. The standard InChI is InChI=1S/C27H40BrIN6O7/c1-17(2)23(35-21(36)8-4-3-5-13-31-22(37)15-28)25(39)34-20(7-6-14-32-27(30)41)24(38)33-19-11-9-18(10-12-19)16-42-26(29)40/h9-12,17,20,23H,3-8,13-16H2,1-2H3,(H,31,37)(H,33,38)(H,34,39)(H,35,36)(H3,30,32,41)/t20-,23?/m0/s1. The van der Waals surface area contributed by atoms with Crippen LogP contribution in [0.25, 0.3) is 0 Å². The predicted molar refractivity (Wildman–Crippen MR) is 170 cm³/mol. The Kier molecular flexibility index (Phi) is 18.4. The predicted octanol–water partition coefficient (Wildman–Crippen LogP) is 2.84. The van der Waals surface area contributed by atoms with Crippen molar-refractivity contribution in [1.29, 1.82) is 0 Å². The van der Waals surface area contributed by atoms with Crippen molar-refractivity contribution in [2.24, 2.45) is 11.7 Å². The maximum atomic E-state index is 13.2. The number of unbranched alkanes of at least 4 members (excludes halogenated alkanes) is 2. The number of urea groups is 1. The fourth-order valence-electron chi connectivity index (χ4n) is 3.74. The molecule has 2 atom stereocenters. The summed E-state index contributed by atoms with van der Waals surface area (Å²) >= 11 is 4.61. The minimum atomic E-state index is -0.959. The second-order valence-corrected chi connectivity index (χ2v) is 11.2. The third-order valence-electron chi connectivity index (χ3n) is 5.97. The van der Waals surface area contributed by atoms with E-state index < -0.39 is 33.9 Å². The number of benzene rings is 1. The zero-order valence-corrected chi connectivity index (χ0v) is 27.5. The van der Waals surface area contributed by atoms with Gasteiger partial charge in [0.15, 0.2) is 0 Å². The number of hydrogen-bond donors (Lipinski definition) is 6. The lowest BCUT2D eigenvalue weighted by Crippen LogP contribution is -2.54. The number of rotatable bonds is 19. The van der Waals surface area contributed by atoms with E-state index in [9.17, 15) is 28.8 Å². The van der Waals surface area contributed by atoms with Gasteiger partial charge in [-0.1, -0.05) is 48.3 Å². The first-order valence-electron chi connectivity index (χ1n) is 13.6. The van der Waals surface area contributed by atoms with Crippen molar-refractivity contribution in [2.45, 2.75) is 71.1 Å². The smallest absolute Gasteiger partial charge is 0.367 e. The second kappa shape index (κ2) is 20.9. The van der Waals surface area contributed by atoms with Crippen molar-refractivity contribution < 1.29 is 33.5 Å². The average molecular weight is 767 g/mol. The van der Waals surface area contributed by atoms with E-state index >= 15 is 0 Å². The van der Waals surface area contributed by atoms with Gasteiger partial charge in [-0.2, -0.15) is 0 Å². The van der Waals surface area contributed by atoms with Crippen LogP contribution in [0.2, 0.25) is 0 Å². The molecule has 42 heavy (non-hydrogen) atoms. The molecule has 1 unspecified atom stereocenters. The van der Waals surface area contributed by atoms with Crippen LogP contribution in [0.15, 0.2) is 24.3 Å². The number of carbonyl (C=O) groups excluding carboxylic acids is 6. The van der Waals surface area contributed by atoms with Crippen LogP contribution in [0, 0.1) is 5.92 Å². The van der Waals surface area contributed by atoms with Crippen molar-refractivity contribution in [3.05, 3.63) is 29.8 Å². The van der Waals surface area contributed by atoms with E-state index in [2.05, 4.69) is 42.5 Å². The largest absolute Gasteiger partial charge is 0.453 e. The summed E-state index contributed by atoms with van der Waals surface area (Å²) in [6.45, 7) is 4.42. The summed E-state index contributed by atoms with van der Waals surface area (Å²) in [4.78, 5) is 72.2. The van der Waals surface area contributed by atoms with Gasteiger partial charge in [0.05, 0.1) is 27.9 Å². The Morgan fingerprint density at radius 3 is 2.14 bits per heavy atom. The molecule has 15 heteroatoms. The molecule has 0 heterocycles. The van der Waals surface area contributed by atoms with Crippen molar-refractivity contribution in [3.63, 3.8) is 0 Å². The van der Waals surface area contributed by atoms with E-state index in [1.54, 1.807) is 38.1 Å². The van der Waals surface area contributed by atoms with Gasteiger partial charge in [0.25, 0.3) is 0 Å². The topological polar surface area (TPSA) is 198 Å². The molecule has 0 radical (unpaired) electrons. The van der Waals surface area contributed by atoms with Crippen molar-refractivity contribution in [2.75, 3.05) is 23.7 Å². The Morgan fingerprint density at radius 1 is 0.881 bits per heavy atom. The van der Waals surface area contributed by atoms with E-state index in [0.717, 1.165) is 18.4 Å². The number of amides is 6. The lowest BCUT2D eigenvalue weighted by molar-refractivity contribution is -0.132. The summed E-state index contributed by atoms with van der Waals surface area (Å²) in [6, 6.07) is 4.17. The summed E-state index contributed by atoms with van der Waals surface area (Å²) in [5, 5.41) is 13.7. The van der Waals surface area contributed by atoms with Gasteiger partial charge < -0.3 is 37.1 Å². The van der Waals surface area contributed by atoms with Gasteiger partial charge >= 0.3 is 10.0 Å². The average Bonchev–Trinajstić information content (AvgIpc) is 2.94. The first-order valence-corrected chi connectivity index (χ1v) is 15.8. The molecule has 1 rings (SSSR count). The zero-order valence-electron chi connectivity index (χ0n) is 23.8. The van der Waals surface area contributed by atoms with Crippen LogP contribution in [0.1, 0.15) is 57.9 Å². The summed E-state index contributed by atoms with van der Waals surface area (Å²) in [5.41, 5.74) is 6.32. The molecule has 1 aromatic carbocycles. The van der Waals surface area contributed by atoms with Crippen molar-refractivity contribution >= 4 is 77.8 Å². The molecule has 1 aromatic rings. The van der Waals surface area contributed by atoms with E-state index in [-0.39, 0.29) is 49.1 Å². The second-order valence-electron chi connectivity index (χ2n) is 9.79. The van der Waals surface area contributed by atoms with Crippen LogP contribution in [-0.2, 0) is 30.5 Å². The number of nitrogens with two attached hydrogens (primary N) is 1. The van der Waals surface area contributed by atoms with Crippen LogP contribution in [0.3, 0.4) is 0 Å². The van der Waals surface area contributed by atoms with Gasteiger partial charge in [0, 0.05) is 25.2 Å². The third-order valence-corrected chi connectivity index (χ3v) is 6.79. The highest BCUT2D eigenvalue weighted by Crippen LogP contribution is 2.13. The molecule has 0 saturated carbocycles. The van der Waals surface area contributed by atoms with Gasteiger partial charge in [-0.25, -0.2) is 9.59 Å². The SMILES string of the molecule is CC(C)C(NC(=O)CCCCCNC(=O)CBr)C(=O)N[C@@H](CCCNC(N)=O)C(=O)Nc1ccc(COC(=O)I)cc1. The number of nitrogens with one attached hydrogen (secondary N) is 5. The highest BCUT2D eigenvalue weighted by molar-refractivity contribution is 14.1. The summed E-state index contributed by atoms with van der Waals surface area (Å²) in [6.07, 6.45) is 2.84. The van der Waals surface area contributed by atoms with Gasteiger partial charge in [0.2, 0.25) is 23.6 Å². The lowest BCUT2D eigenvalue weighted by atomic mass is 10.0. The molecule has 0 spiro atoms. The van der Waals surface area contributed by atoms with Crippen LogP contribution in [0.4, 0.5) is 15.3 Å². The summed E-state index contributed by atoms with van der Waals surface area (Å²) in [7, 11) is 0. The van der Waals surface area contributed by atoms with Crippen LogP contribution < -0.4 is 32.3 Å². The molecular weight excluding hydrogens is 727 g/mol. The van der Waals surface area contributed by atoms with Crippen molar-refractivity contribution in [1.82, 2.24) is 21.3 Å².